The minimum atomic E-state index is -0.932. The van der Waals surface area contributed by atoms with Gasteiger partial charge in [0.15, 0.2) is 6.17 Å². The number of aliphatic imine (C=N–C) groups is 1. The van der Waals surface area contributed by atoms with Gasteiger partial charge in [0.2, 0.25) is 0 Å². The minimum absolute atomic E-state index is 0.327. The molecule has 1 amide bonds. The van der Waals surface area contributed by atoms with Crippen LogP contribution in [0.5, 0.6) is 5.75 Å². The van der Waals surface area contributed by atoms with Crippen LogP contribution >= 0.6 is 0 Å². The van der Waals surface area contributed by atoms with E-state index in [1.165, 1.54) is 0 Å². The van der Waals surface area contributed by atoms with Gasteiger partial charge in [0.25, 0.3) is 5.91 Å². The molecule has 3 rings (SSSR count). The number of benzodiazepines with no additional fused rings is 1. The fourth-order valence-electron chi connectivity index (χ4n) is 2.26. The maximum atomic E-state index is 11.9. The second kappa shape index (κ2) is 5.38. The molecule has 3 N–H and O–H groups in total. The Hall–Kier alpha value is -2.66. The number of hydrogen-bond acceptors (Lipinski definition) is 4. The first-order valence-electron chi connectivity index (χ1n) is 6.57. The maximum Gasteiger partial charge on any atom is 0.263 e. The van der Waals surface area contributed by atoms with Crippen LogP contribution in [0.25, 0.3) is 0 Å². The average molecular weight is 281 g/mol. The zero-order chi connectivity index (χ0) is 14.8. The number of fused-ring (bicyclic) bond motifs is 1. The third kappa shape index (κ3) is 2.51. The summed E-state index contributed by atoms with van der Waals surface area (Å²) >= 11 is 0. The number of benzene rings is 2. The number of nitrogens with one attached hydrogen (secondary N) is 1. The highest BCUT2D eigenvalue weighted by Gasteiger charge is 2.23. The average Bonchev–Trinajstić information content (AvgIpc) is 2.65. The van der Waals surface area contributed by atoms with Crippen LogP contribution in [0.15, 0.2) is 53.5 Å². The Morgan fingerprint density at radius 3 is 2.67 bits per heavy atom. The third-order valence-electron chi connectivity index (χ3n) is 3.32. The summed E-state index contributed by atoms with van der Waals surface area (Å²) in [5.41, 5.74) is 8.87. The molecule has 1 aliphatic rings. The normalized spacial score (nSPS) is 17.3. The summed E-state index contributed by atoms with van der Waals surface area (Å²) in [6, 6.07) is 15.1. The molecule has 1 heterocycles. The molecule has 0 aromatic heterocycles. The molecule has 2 aromatic rings. The molecule has 0 saturated carbocycles. The molecule has 1 atom stereocenters. The van der Waals surface area contributed by atoms with Crippen molar-refractivity contribution in [2.45, 2.75) is 6.17 Å². The lowest BCUT2D eigenvalue weighted by atomic mass is 10.0. The van der Waals surface area contributed by atoms with E-state index in [1.807, 2.05) is 36.4 Å². The standard InChI is InChI=1S/C16H15N3O2/c1-21-11-7-8-13-12(9-11)14(10-5-3-2-4-6-10)19-15(17)16(20)18-13/h2-9,15H,17H2,1H3,(H,18,20). The number of nitrogens with zero attached hydrogens (tertiary/aromatic N) is 1. The van der Waals surface area contributed by atoms with Gasteiger partial charge in [0.1, 0.15) is 5.75 Å². The summed E-state index contributed by atoms with van der Waals surface area (Å²) in [7, 11) is 1.60. The van der Waals surface area contributed by atoms with Crippen molar-refractivity contribution >= 4 is 17.3 Å². The van der Waals surface area contributed by atoms with Crippen molar-refractivity contribution in [3.8, 4) is 5.75 Å². The van der Waals surface area contributed by atoms with Crippen LogP contribution in [0.1, 0.15) is 11.1 Å². The molecule has 1 aliphatic heterocycles. The number of nitrogens with two attached hydrogens (primary N) is 1. The van der Waals surface area contributed by atoms with Gasteiger partial charge >= 0.3 is 0 Å². The number of carbonyl (C=O) groups is 1. The lowest BCUT2D eigenvalue weighted by Gasteiger charge is -2.11. The van der Waals surface area contributed by atoms with Crippen LogP contribution in [0.3, 0.4) is 0 Å². The molecule has 5 nitrogen and oxygen atoms in total. The van der Waals surface area contributed by atoms with Gasteiger partial charge in [-0.3, -0.25) is 9.79 Å². The first-order chi connectivity index (χ1) is 10.2. The number of rotatable bonds is 2. The molecular formula is C16H15N3O2. The van der Waals surface area contributed by atoms with Crippen molar-refractivity contribution in [3.63, 3.8) is 0 Å². The Balaban J connectivity index is 2.21. The third-order valence-corrected chi connectivity index (χ3v) is 3.32. The molecule has 2 aromatic carbocycles. The minimum Gasteiger partial charge on any atom is -0.497 e. The fourth-order valence-corrected chi connectivity index (χ4v) is 2.26. The Kier molecular flexibility index (Phi) is 3.41. The van der Waals surface area contributed by atoms with Crippen LogP contribution in [0.4, 0.5) is 5.69 Å². The van der Waals surface area contributed by atoms with Crippen LogP contribution in [-0.2, 0) is 4.79 Å². The fraction of sp³-hybridized carbons (Fsp3) is 0.125. The number of methoxy groups -OCH3 is 1. The lowest BCUT2D eigenvalue weighted by molar-refractivity contribution is -0.117. The Morgan fingerprint density at radius 2 is 1.95 bits per heavy atom. The monoisotopic (exact) mass is 281 g/mol. The van der Waals surface area contributed by atoms with E-state index in [1.54, 1.807) is 19.2 Å². The molecular weight excluding hydrogens is 266 g/mol. The van der Waals surface area contributed by atoms with Crippen molar-refractivity contribution < 1.29 is 9.53 Å². The Morgan fingerprint density at radius 1 is 1.19 bits per heavy atom. The van der Waals surface area contributed by atoms with Gasteiger partial charge in [-0.2, -0.15) is 0 Å². The van der Waals surface area contributed by atoms with Crippen LogP contribution in [0.2, 0.25) is 0 Å². The van der Waals surface area contributed by atoms with Gasteiger partial charge in [-0.25, -0.2) is 0 Å². The molecule has 0 fully saturated rings. The van der Waals surface area contributed by atoms with Gasteiger partial charge in [0.05, 0.1) is 18.5 Å². The van der Waals surface area contributed by atoms with Gasteiger partial charge in [0, 0.05) is 11.1 Å². The van der Waals surface area contributed by atoms with Crippen molar-refractivity contribution in [1.29, 1.82) is 0 Å². The number of amides is 1. The highest BCUT2D eigenvalue weighted by Crippen LogP contribution is 2.27. The molecule has 21 heavy (non-hydrogen) atoms. The van der Waals surface area contributed by atoms with E-state index in [-0.39, 0.29) is 5.91 Å². The van der Waals surface area contributed by atoms with Crippen molar-refractivity contribution in [2.75, 3.05) is 12.4 Å². The zero-order valence-corrected chi connectivity index (χ0v) is 11.5. The molecule has 0 aliphatic carbocycles. The number of carbonyl (C=O) groups excluding carboxylic acids is 1. The van der Waals surface area contributed by atoms with Crippen LogP contribution in [-0.4, -0.2) is 24.9 Å². The molecule has 0 spiro atoms. The van der Waals surface area contributed by atoms with E-state index in [2.05, 4.69) is 10.3 Å². The Bertz CT molecular complexity index is 711. The SMILES string of the molecule is COc1ccc2c(c1)C(c1ccccc1)=NC(N)C(=O)N2. The highest BCUT2D eigenvalue weighted by atomic mass is 16.5. The summed E-state index contributed by atoms with van der Waals surface area (Å²) < 4.78 is 5.26. The van der Waals surface area contributed by atoms with Crippen molar-refractivity contribution in [1.82, 2.24) is 0 Å². The van der Waals surface area contributed by atoms with E-state index < -0.39 is 6.17 Å². The highest BCUT2D eigenvalue weighted by molar-refractivity contribution is 6.19. The first-order valence-corrected chi connectivity index (χ1v) is 6.57. The summed E-state index contributed by atoms with van der Waals surface area (Å²) in [4.78, 5) is 16.3. The van der Waals surface area contributed by atoms with Crippen molar-refractivity contribution in [2.24, 2.45) is 10.7 Å². The van der Waals surface area contributed by atoms with Crippen molar-refractivity contribution in [3.05, 3.63) is 59.7 Å². The zero-order valence-electron chi connectivity index (χ0n) is 11.5. The summed E-state index contributed by atoms with van der Waals surface area (Å²) in [5, 5.41) is 2.79. The van der Waals surface area contributed by atoms with Crippen LogP contribution < -0.4 is 15.8 Å². The number of anilines is 1. The summed E-state index contributed by atoms with van der Waals surface area (Å²) in [6.45, 7) is 0. The van der Waals surface area contributed by atoms with E-state index in [4.69, 9.17) is 10.5 Å². The molecule has 0 bridgehead atoms. The number of hydrogen-bond donors (Lipinski definition) is 2. The Labute approximate surface area is 122 Å². The van der Waals surface area contributed by atoms with E-state index in [0.717, 1.165) is 11.1 Å². The van der Waals surface area contributed by atoms with Crippen LogP contribution in [0, 0.1) is 0 Å². The maximum absolute atomic E-state index is 11.9. The molecule has 0 radical (unpaired) electrons. The lowest BCUT2D eigenvalue weighted by Crippen LogP contribution is -2.33. The van der Waals surface area contributed by atoms with E-state index in [9.17, 15) is 4.79 Å². The molecule has 106 valence electrons. The summed E-state index contributed by atoms with van der Waals surface area (Å²) in [5.74, 6) is 0.370. The molecule has 1 unspecified atom stereocenters. The largest absolute Gasteiger partial charge is 0.497 e. The molecule has 0 saturated heterocycles. The topological polar surface area (TPSA) is 76.7 Å². The van der Waals surface area contributed by atoms with E-state index in [0.29, 0.717) is 17.1 Å². The predicted molar refractivity (Wildman–Crippen MR) is 81.7 cm³/mol. The van der Waals surface area contributed by atoms with Gasteiger partial charge < -0.3 is 15.8 Å². The second-order valence-corrected chi connectivity index (χ2v) is 4.69. The number of ether oxygens (including phenoxy) is 1. The predicted octanol–water partition coefficient (Wildman–Crippen LogP) is 1.77. The second-order valence-electron chi connectivity index (χ2n) is 4.69. The van der Waals surface area contributed by atoms with Gasteiger partial charge in [-0.05, 0) is 18.2 Å². The van der Waals surface area contributed by atoms with Gasteiger partial charge in [-0.15, -0.1) is 0 Å². The van der Waals surface area contributed by atoms with Gasteiger partial charge in [-0.1, -0.05) is 30.3 Å². The molecule has 5 heteroatoms. The quantitative estimate of drug-likeness (QED) is 0.880. The summed E-state index contributed by atoms with van der Waals surface area (Å²) in [6.07, 6.45) is -0.932. The smallest absolute Gasteiger partial charge is 0.263 e. The first kappa shape index (κ1) is 13.3. The van der Waals surface area contributed by atoms with E-state index >= 15 is 0 Å².